The first-order chi connectivity index (χ1) is 8.64. The molecule has 100 valence electrons. The molecule has 1 nitrogen and oxygen atoms in total. The summed E-state index contributed by atoms with van der Waals surface area (Å²) in [5.41, 5.74) is 1.39. The summed E-state index contributed by atoms with van der Waals surface area (Å²) in [4.78, 5) is 0. The summed E-state index contributed by atoms with van der Waals surface area (Å²) in [6.45, 7) is 5.35. The zero-order valence-corrected chi connectivity index (χ0v) is 13.1. The van der Waals surface area contributed by atoms with Crippen LogP contribution in [0.4, 0.5) is 0 Å². The fourth-order valence-corrected chi connectivity index (χ4v) is 8.22. The minimum absolute atomic E-state index is 0.220. The van der Waals surface area contributed by atoms with Crippen LogP contribution in [0.1, 0.15) is 32.3 Å². The third kappa shape index (κ3) is 3.17. The van der Waals surface area contributed by atoms with Crippen molar-refractivity contribution in [2.24, 2.45) is 5.92 Å². The average molecular weight is 283 g/mol. The van der Waals surface area contributed by atoms with Crippen LogP contribution in [-0.4, -0.2) is 19.9 Å². The second kappa shape index (κ2) is 6.22. The highest BCUT2D eigenvalue weighted by molar-refractivity contribution is 6.81. The summed E-state index contributed by atoms with van der Waals surface area (Å²) in [5, 5.41) is 0.220. The number of rotatable bonds is 4. The maximum Gasteiger partial charge on any atom is 0.214 e. The van der Waals surface area contributed by atoms with Crippen molar-refractivity contribution in [3.63, 3.8) is 0 Å². The van der Waals surface area contributed by atoms with Gasteiger partial charge < -0.3 is 4.43 Å². The average Bonchev–Trinajstić information content (AvgIpc) is 2.40. The van der Waals surface area contributed by atoms with Gasteiger partial charge in [0.25, 0.3) is 0 Å². The van der Waals surface area contributed by atoms with E-state index in [1.54, 1.807) is 0 Å². The fourth-order valence-electron chi connectivity index (χ4n) is 2.88. The Hall–Kier alpha value is -0.313. The zero-order chi connectivity index (χ0) is 13.0. The number of hydrogen-bond acceptors (Lipinski definition) is 1. The molecule has 0 saturated carbocycles. The normalized spacial score (nSPS) is 26.2. The molecule has 3 heteroatoms. The highest BCUT2D eigenvalue weighted by atomic mass is 35.5. The van der Waals surface area contributed by atoms with E-state index < -0.39 is 8.32 Å². The third-order valence-electron chi connectivity index (χ3n) is 3.82. The Morgan fingerprint density at radius 1 is 1.22 bits per heavy atom. The summed E-state index contributed by atoms with van der Waals surface area (Å²) in [6.07, 6.45) is 2.49. The van der Waals surface area contributed by atoms with Crippen LogP contribution in [-0.2, 0) is 10.5 Å². The molecular weight excluding hydrogens is 260 g/mol. The molecule has 1 heterocycles. The van der Waals surface area contributed by atoms with Gasteiger partial charge in [0.2, 0.25) is 8.32 Å². The lowest BCUT2D eigenvalue weighted by Gasteiger charge is -2.40. The smallest absolute Gasteiger partial charge is 0.214 e. The van der Waals surface area contributed by atoms with Crippen molar-refractivity contribution < 1.29 is 4.43 Å². The quantitative estimate of drug-likeness (QED) is 0.590. The van der Waals surface area contributed by atoms with Crippen molar-refractivity contribution in [3.05, 3.63) is 35.9 Å². The van der Waals surface area contributed by atoms with Crippen LogP contribution in [0, 0.1) is 5.92 Å². The van der Waals surface area contributed by atoms with Gasteiger partial charge in [0.05, 0.1) is 5.00 Å². The van der Waals surface area contributed by atoms with Gasteiger partial charge >= 0.3 is 0 Å². The van der Waals surface area contributed by atoms with E-state index in [0.29, 0.717) is 5.92 Å². The van der Waals surface area contributed by atoms with E-state index >= 15 is 0 Å². The summed E-state index contributed by atoms with van der Waals surface area (Å²) < 4.78 is 6.30. The highest BCUT2D eigenvalue weighted by Gasteiger charge is 2.45. The molecule has 1 saturated heterocycles. The van der Waals surface area contributed by atoms with E-state index in [0.717, 1.165) is 12.7 Å². The Kier molecular flexibility index (Phi) is 4.88. The maximum absolute atomic E-state index is 6.74. The van der Waals surface area contributed by atoms with Gasteiger partial charge in [0.15, 0.2) is 0 Å². The Morgan fingerprint density at radius 3 is 2.50 bits per heavy atom. The molecule has 1 aliphatic rings. The van der Waals surface area contributed by atoms with Gasteiger partial charge in [-0.3, -0.25) is 0 Å². The number of halogens is 1. The number of alkyl halides is 1. The van der Waals surface area contributed by atoms with Crippen LogP contribution in [0.2, 0.25) is 6.04 Å². The molecule has 1 aliphatic heterocycles. The lowest BCUT2D eigenvalue weighted by Crippen LogP contribution is -2.54. The predicted molar refractivity (Wildman–Crippen MR) is 80.4 cm³/mol. The van der Waals surface area contributed by atoms with Crippen LogP contribution in [0.15, 0.2) is 30.3 Å². The van der Waals surface area contributed by atoms with Gasteiger partial charge in [-0.15, -0.1) is 11.6 Å². The largest absolute Gasteiger partial charge is 0.415 e. The first-order valence-corrected chi connectivity index (χ1v) is 9.80. The molecule has 0 aromatic heterocycles. The molecule has 0 bridgehead atoms. The first-order valence-electron chi connectivity index (χ1n) is 6.96. The molecule has 2 atom stereocenters. The Labute approximate surface area is 117 Å². The second-order valence-electron chi connectivity index (χ2n) is 5.68. The molecule has 0 spiro atoms. The zero-order valence-electron chi connectivity index (χ0n) is 11.4. The third-order valence-corrected chi connectivity index (χ3v) is 10.2. The first kappa shape index (κ1) is 14.1. The van der Waals surface area contributed by atoms with Crippen molar-refractivity contribution in [3.8, 4) is 0 Å². The van der Waals surface area contributed by atoms with E-state index in [4.69, 9.17) is 16.0 Å². The number of benzene rings is 1. The van der Waals surface area contributed by atoms with Crippen LogP contribution in [0.5, 0.6) is 0 Å². The lowest BCUT2D eigenvalue weighted by molar-refractivity contribution is 0.258. The predicted octanol–water partition coefficient (Wildman–Crippen LogP) is 4.33. The summed E-state index contributed by atoms with van der Waals surface area (Å²) in [6, 6.07) is 13.0. The second-order valence-corrected chi connectivity index (χ2v) is 10.4. The topological polar surface area (TPSA) is 9.23 Å². The van der Waals surface area contributed by atoms with Crippen molar-refractivity contribution >= 4 is 19.9 Å². The van der Waals surface area contributed by atoms with E-state index in [1.807, 2.05) is 0 Å². The standard InChI is InChI=1S/C15H23ClOSi/c1-13(2)15(16)18(11-7-6-10-17-18)12-14-8-4-3-5-9-14/h3-5,8-9,13,15H,6-7,10-12H2,1-2H3. The summed E-state index contributed by atoms with van der Waals surface area (Å²) >= 11 is 6.74. The molecular formula is C15H23ClOSi. The molecule has 0 radical (unpaired) electrons. The Bertz CT molecular complexity index is 360. The molecule has 1 aromatic carbocycles. The van der Waals surface area contributed by atoms with Gasteiger partial charge in [0, 0.05) is 6.61 Å². The van der Waals surface area contributed by atoms with Gasteiger partial charge in [-0.25, -0.2) is 0 Å². The van der Waals surface area contributed by atoms with Gasteiger partial charge in [0.1, 0.15) is 0 Å². The van der Waals surface area contributed by atoms with Crippen molar-refractivity contribution in [2.75, 3.05) is 6.61 Å². The molecule has 0 N–H and O–H groups in total. The molecule has 0 amide bonds. The van der Waals surface area contributed by atoms with Gasteiger partial charge in [-0.1, -0.05) is 50.6 Å². The van der Waals surface area contributed by atoms with Crippen LogP contribution in [0.3, 0.4) is 0 Å². The molecule has 1 fully saturated rings. The highest BCUT2D eigenvalue weighted by Crippen LogP contribution is 2.34. The monoisotopic (exact) mass is 282 g/mol. The lowest BCUT2D eigenvalue weighted by atomic mass is 10.2. The minimum atomic E-state index is -1.82. The van der Waals surface area contributed by atoms with E-state index in [2.05, 4.69) is 44.2 Å². The van der Waals surface area contributed by atoms with Crippen LogP contribution < -0.4 is 0 Å². The van der Waals surface area contributed by atoms with Crippen molar-refractivity contribution in [1.29, 1.82) is 0 Å². The van der Waals surface area contributed by atoms with Crippen molar-refractivity contribution in [1.82, 2.24) is 0 Å². The van der Waals surface area contributed by atoms with Crippen molar-refractivity contribution in [2.45, 2.75) is 43.8 Å². The summed E-state index contributed by atoms with van der Waals surface area (Å²) in [7, 11) is -1.82. The Balaban J connectivity index is 2.19. The fraction of sp³-hybridized carbons (Fsp3) is 0.600. The van der Waals surface area contributed by atoms with E-state index in [1.165, 1.54) is 24.4 Å². The molecule has 0 aliphatic carbocycles. The van der Waals surface area contributed by atoms with Crippen LogP contribution in [0.25, 0.3) is 0 Å². The Morgan fingerprint density at radius 2 is 1.94 bits per heavy atom. The van der Waals surface area contributed by atoms with Crippen LogP contribution >= 0.6 is 11.6 Å². The molecule has 1 aromatic rings. The molecule has 2 unspecified atom stereocenters. The van der Waals surface area contributed by atoms with Gasteiger partial charge in [-0.05, 0) is 30.0 Å². The molecule has 2 rings (SSSR count). The van der Waals surface area contributed by atoms with E-state index in [9.17, 15) is 0 Å². The van der Waals surface area contributed by atoms with E-state index in [-0.39, 0.29) is 5.00 Å². The number of hydrogen-bond donors (Lipinski definition) is 0. The minimum Gasteiger partial charge on any atom is -0.415 e. The summed E-state index contributed by atoms with van der Waals surface area (Å²) in [5.74, 6) is 0.500. The SMILES string of the molecule is CC(C)C(Cl)[Si]1(Cc2ccccc2)CCCCO1. The van der Waals surface area contributed by atoms with Gasteiger partial charge in [-0.2, -0.15) is 0 Å². The maximum atomic E-state index is 6.74. The molecule has 18 heavy (non-hydrogen) atoms.